The van der Waals surface area contributed by atoms with E-state index in [1.807, 2.05) is 29.8 Å². The van der Waals surface area contributed by atoms with E-state index in [0.29, 0.717) is 35.2 Å². The standard InChI is InChI=1S/C26H20N6O2/c1-31-14-28-30-25(31)22-8-15(12-27)2-7-20(22)18-9-23(16-3-4-16)29-24(10-18)32-13-17-5-6-19(33)11-21(17)26(32)34/h2,5-11,14,16,33H,3-4,13H2,1H3. The van der Waals surface area contributed by atoms with Crippen LogP contribution in [-0.4, -0.2) is 30.8 Å². The highest BCUT2D eigenvalue weighted by atomic mass is 16.3. The van der Waals surface area contributed by atoms with Crippen LogP contribution >= 0.6 is 0 Å². The number of aromatic nitrogens is 4. The number of anilines is 1. The van der Waals surface area contributed by atoms with Gasteiger partial charge < -0.3 is 9.67 Å². The van der Waals surface area contributed by atoms with Gasteiger partial charge in [-0.1, -0.05) is 12.1 Å². The van der Waals surface area contributed by atoms with Crippen molar-refractivity contribution in [2.75, 3.05) is 4.90 Å². The third-order valence-corrected chi connectivity index (χ3v) is 6.41. The molecule has 1 saturated carbocycles. The third-order valence-electron chi connectivity index (χ3n) is 6.41. The summed E-state index contributed by atoms with van der Waals surface area (Å²) in [6.45, 7) is 0.401. The molecule has 0 atom stereocenters. The minimum absolute atomic E-state index is 0.0697. The lowest BCUT2D eigenvalue weighted by molar-refractivity contribution is 0.0995. The molecule has 2 aliphatic rings. The van der Waals surface area contributed by atoms with Gasteiger partial charge in [-0.25, -0.2) is 4.98 Å². The van der Waals surface area contributed by atoms with Crippen LogP contribution in [0.4, 0.5) is 5.82 Å². The second kappa shape index (κ2) is 7.52. The molecular formula is C26H20N6O2. The average Bonchev–Trinajstić information content (AvgIpc) is 3.54. The number of rotatable bonds is 4. The van der Waals surface area contributed by atoms with E-state index in [9.17, 15) is 15.2 Å². The molecule has 8 nitrogen and oxygen atoms in total. The van der Waals surface area contributed by atoms with Gasteiger partial charge in [-0.05, 0) is 65.9 Å². The molecule has 6 rings (SSSR count). The Hall–Kier alpha value is -4.51. The zero-order chi connectivity index (χ0) is 23.4. The highest BCUT2D eigenvalue weighted by Crippen LogP contribution is 2.43. The van der Waals surface area contributed by atoms with Gasteiger partial charge in [0.15, 0.2) is 5.82 Å². The van der Waals surface area contributed by atoms with Crippen molar-refractivity contribution in [3.8, 4) is 34.3 Å². The minimum atomic E-state index is -0.175. The summed E-state index contributed by atoms with van der Waals surface area (Å²) in [5.74, 6) is 1.50. The topological polar surface area (TPSA) is 108 Å². The molecule has 0 bridgehead atoms. The molecule has 0 unspecified atom stereocenters. The average molecular weight is 448 g/mol. The summed E-state index contributed by atoms with van der Waals surface area (Å²) >= 11 is 0. The van der Waals surface area contributed by atoms with Crippen LogP contribution in [0.5, 0.6) is 5.75 Å². The molecule has 0 spiro atoms. The van der Waals surface area contributed by atoms with E-state index < -0.39 is 0 Å². The minimum Gasteiger partial charge on any atom is -0.508 e. The molecule has 1 amide bonds. The highest BCUT2D eigenvalue weighted by molar-refractivity contribution is 6.10. The lowest BCUT2D eigenvalue weighted by atomic mass is 9.96. The number of aryl methyl sites for hydroxylation is 1. The summed E-state index contributed by atoms with van der Waals surface area (Å²) in [7, 11) is 1.86. The van der Waals surface area contributed by atoms with Gasteiger partial charge >= 0.3 is 0 Å². The number of fused-ring (bicyclic) bond motifs is 1. The predicted molar refractivity (Wildman–Crippen MR) is 125 cm³/mol. The summed E-state index contributed by atoms with van der Waals surface area (Å²) in [5.41, 5.74) is 5.43. The van der Waals surface area contributed by atoms with E-state index in [1.54, 1.807) is 29.4 Å². The molecule has 8 heteroatoms. The van der Waals surface area contributed by atoms with Gasteiger partial charge in [-0.15, -0.1) is 10.2 Å². The Labute approximate surface area is 195 Å². The number of amides is 1. The number of hydrogen-bond donors (Lipinski definition) is 1. The molecule has 1 N–H and O–H groups in total. The van der Waals surface area contributed by atoms with E-state index in [0.717, 1.165) is 40.8 Å². The first-order valence-electron chi connectivity index (χ1n) is 11.1. The van der Waals surface area contributed by atoms with Crippen LogP contribution in [0, 0.1) is 11.3 Å². The molecule has 2 aromatic carbocycles. The number of hydrogen-bond acceptors (Lipinski definition) is 6. The fourth-order valence-corrected chi connectivity index (χ4v) is 4.47. The van der Waals surface area contributed by atoms with Gasteiger partial charge in [-0.3, -0.25) is 9.69 Å². The van der Waals surface area contributed by atoms with Gasteiger partial charge in [0.05, 0.1) is 18.2 Å². The Morgan fingerprint density at radius 1 is 1.06 bits per heavy atom. The van der Waals surface area contributed by atoms with Crippen molar-refractivity contribution in [3.05, 3.63) is 77.2 Å². The molecule has 3 heterocycles. The van der Waals surface area contributed by atoms with Crippen LogP contribution in [0.15, 0.2) is 54.9 Å². The molecule has 166 valence electrons. The van der Waals surface area contributed by atoms with E-state index in [4.69, 9.17) is 4.98 Å². The molecule has 2 aromatic heterocycles. The largest absolute Gasteiger partial charge is 0.508 e. The maximum absolute atomic E-state index is 13.2. The van der Waals surface area contributed by atoms with E-state index in [1.165, 1.54) is 6.07 Å². The van der Waals surface area contributed by atoms with Crippen LogP contribution in [0.1, 0.15) is 45.9 Å². The Morgan fingerprint density at radius 3 is 2.65 bits per heavy atom. The van der Waals surface area contributed by atoms with Crippen LogP contribution in [0.3, 0.4) is 0 Å². The molecule has 1 fully saturated rings. The zero-order valence-corrected chi connectivity index (χ0v) is 18.4. The lowest BCUT2D eigenvalue weighted by Crippen LogP contribution is -2.24. The Morgan fingerprint density at radius 2 is 1.91 bits per heavy atom. The first kappa shape index (κ1) is 20.1. The quantitative estimate of drug-likeness (QED) is 0.502. The van der Waals surface area contributed by atoms with Crippen LogP contribution < -0.4 is 4.90 Å². The van der Waals surface area contributed by atoms with E-state index in [2.05, 4.69) is 22.3 Å². The molecule has 4 aromatic rings. The van der Waals surface area contributed by atoms with Crippen LogP contribution in [0.25, 0.3) is 22.5 Å². The van der Waals surface area contributed by atoms with Crippen molar-refractivity contribution in [2.24, 2.45) is 7.05 Å². The predicted octanol–water partition coefficient (Wildman–Crippen LogP) is 4.16. The SMILES string of the molecule is Cn1cnnc1-c1cc(C#N)ccc1-c1cc(C2CC2)nc(N2Cc3ccc(O)cc3C2=O)c1. The highest BCUT2D eigenvalue weighted by Gasteiger charge is 2.32. The number of carbonyl (C=O) groups excluding carboxylic acids is 1. The maximum atomic E-state index is 13.2. The van der Waals surface area contributed by atoms with Gasteiger partial charge in [-0.2, -0.15) is 5.26 Å². The number of benzene rings is 2. The second-order valence-corrected chi connectivity index (χ2v) is 8.78. The summed E-state index contributed by atoms with van der Waals surface area (Å²) in [5, 5.41) is 27.6. The second-order valence-electron chi connectivity index (χ2n) is 8.78. The van der Waals surface area contributed by atoms with Crippen LogP contribution in [0.2, 0.25) is 0 Å². The van der Waals surface area contributed by atoms with Gasteiger partial charge in [0.25, 0.3) is 5.91 Å². The Bertz CT molecular complexity index is 1510. The van der Waals surface area contributed by atoms with Gasteiger partial charge in [0.1, 0.15) is 17.9 Å². The number of phenols is 1. The molecule has 0 saturated heterocycles. The number of nitriles is 1. The van der Waals surface area contributed by atoms with E-state index in [-0.39, 0.29) is 11.7 Å². The van der Waals surface area contributed by atoms with Crippen molar-refractivity contribution in [1.29, 1.82) is 5.26 Å². The first-order chi connectivity index (χ1) is 16.5. The van der Waals surface area contributed by atoms with Crippen molar-refractivity contribution in [2.45, 2.75) is 25.3 Å². The third kappa shape index (κ3) is 3.30. The normalized spacial score (nSPS) is 14.8. The molecule has 0 radical (unpaired) electrons. The van der Waals surface area contributed by atoms with Crippen LogP contribution in [-0.2, 0) is 13.6 Å². The van der Waals surface area contributed by atoms with Crippen molar-refractivity contribution >= 4 is 11.7 Å². The number of nitrogens with zero attached hydrogens (tertiary/aromatic N) is 6. The van der Waals surface area contributed by atoms with Crippen molar-refractivity contribution in [3.63, 3.8) is 0 Å². The molecular weight excluding hydrogens is 428 g/mol. The smallest absolute Gasteiger partial charge is 0.260 e. The molecule has 1 aliphatic carbocycles. The maximum Gasteiger partial charge on any atom is 0.260 e. The first-order valence-corrected chi connectivity index (χ1v) is 11.1. The zero-order valence-electron chi connectivity index (χ0n) is 18.4. The van der Waals surface area contributed by atoms with E-state index >= 15 is 0 Å². The number of phenolic OH excluding ortho intramolecular Hbond substituents is 1. The summed E-state index contributed by atoms with van der Waals surface area (Å²) < 4.78 is 1.82. The van der Waals surface area contributed by atoms with Gasteiger partial charge in [0.2, 0.25) is 0 Å². The number of pyridine rings is 1. The summed E-state index contributed by atoms with van der Waals surface area (Å²) in [6.07, 6.45) is 3.77. The fourth-order valence-electron chi connectivity index (χ4n) is 4.47. The Balaban J connectivity index is 1.50. The summed E-state index contributed by atoms with van der Waals surface area (Å²) in [4.78, 5) is 19.7. The Kier molecular flexibility index (Phi) is 4.45. The monoisotopic (exact) mass is 448 g/mol. The number of aromatic hydroxyl groups is 1. The number of carbonyl (C=O) groups is 1. The fraction of sp³-hybridized carbons (Fsp3) is 0.192. The molecule has 34 heavy (non-hydrogen) atoms. The lowest BCUT2D eigenvalue weighted by Gasteiger charge is -2.18. The summed E-state index contributed by atoms with van der Waals surface area (Å²) in [6, 6.07) is 16.6. The van der Waals surface area contributed by atoms with Crippen molar-refractivity contribution < 1.29 is 9.90 Å². The molecule has 1 aliphatic heterocycles. The van der Waals surface area contributed by atoms with Gasteiger partial charge in [0, 0.05) is 29.8 Å². The van der Waals surface area contributed by atoms with Crippen molar-refractivity contribution in [1.82, 2.24) is 19.7 Å².